The Morgan fingerprint density at radius 3 is 0.964 bits per heavy atom. The zero-order valence-electron chi connectivity index (χ0n) is 64.8. The van der Waals surface area contributed by atoms with E-state index in [-0.39, 0.29) is 30.9 Å². The van der Waals surface area contributed by atoms with Crippen LogP contribution in [0.5, 0.6) is 0 Å². The number of unbranched alkanes of at least 4 members (excludes halogenated alkanes) is 2. The molecule has 0 atom stereocenters. The Balaban J connectivity index is 0.000000162. The molecular formula is C100H96BIrN6O2-. The van der Waals surface area contributed by atoms with E-state index in [1.165, 1.54) is 72.3 Å². The number of hydrogen-bond acceptors (Lipinski definition) is 6. The predicted molar refractivity (Wildman–Crippen MR) is 456 cm³/mol. The van der Waals surface area contributed by atoms with Crippen molar-refractivity contribution in [3.05, 3.63) is 355 Å². The maximum Gasteiger partial charge on any atom is 0.488 e. The van der Waals surface area contributed by atoms with E-state index >= 15 is 0 Å². The molecule has 2 N–H and O–H groups in total. The molecule has 8 nitrogen and oxygen atoms in total. The molecule has 110 heavy (non-hydrogen) atoms. The third kappa shape index (κ3) is 18.5. The van der Waals surface area contributed by atoms with Gasteiger partial charge in [0.2, 0.25) is 0 Å². The number of aromatic nitrogens is 6. The summed E-state index contributed by atoms with van der Waals surface area (Å²) >= 11 is 0. The van der Waals surface area contributed by atoms with Gasteiger partial charge < -0.3 is 14.6 Å². The molecule has 1 radical (unpaired) electrons. The van der Waals surface area contributed by atoms with Gasteiger partial charge in [0.05, 0.1) is 11.5 Å². The minimum absolute atomic E-state index is 0. The summed E-state index contributed by atoms with van der Waals surface area (Å²) in [6, 6.07) is 114. The monoisotopic (exact) mass is 1620 g/mol. The molecule has 551 valence electrons. The van der Waals surface area contributed by atoms with Crippen molar-refractivity contribution in [3.63, 3.8) is 0 Å². The summed E-state index contributed by atoms with van der Waals surface area (Å²) in [4.78, 5) is 0. The van der Waals surface area contributed by atoms with E-state index in [0.29, 0.717) is 5.46 Å². The van der Waals surface area contributed by atoms with Crippen LogP contribution in [0.4, 0.5) is 0 Å². The van der Waals surface area contributed by atoms with E-state index in [4.69, 9.17) is 20.4 Å². The fourth-order valence-corrected chi connectivity index (χ4v) is 14.6. The van der Waals surface area contributed by atoms with Crippen molar-refractivity contribution in [2.45, 2.75) is 119 Å². The van der Waals surface area contributed by atoms with Gasteiger partial charge in [-0.05, 0) is 201 Å². The van der Waals surface area contributed by atoms with E-state index in [1.807, 2.05) is 78.9 Å². The molecule has 13 aromatic carbocycles. The van der Waals surface area contributed by atoms with Gasteiger partial charge in [0.1, 0.15) is 11.6 Å². The first kappa shape index (κ1) is 78.4. The van der Waals surface area contributed by atoms with E-state index < -0.39 is 7.12 Å². The molecule has 2 aromatic heterocycles. The van der Waals surface area contributed by atoms with Gasteiger partial charge in [0.25, 0.3) is 0 Å². The van der Waals surface area contributed by atoms with Crippen LogP contribution in [0, 0.1) is 33.8 Å². The van der Waals surface area contributed by atoms with E-state index in [9.17, 15) is 10.0 Å². The zero-order chi connectivity index (χ0) is 76.0. The average molecular weight is 1620 g/mol. The summed E-state index contributed by atoms with van der Waals surface area (Å²) in [7, 11) is -1.48. The number of aryl methyl sites for hydroxylation is 4. The van der Waals surface area contributed by atoms with Crippen molar-refractivity contribution in [1.82, 2.24) is 29.5 Å². The third-order valence-electron chi connectivity index (χ3n) is 20.6. The first-order chi connectivity index (χ1) is 52.9. The molecule has 0 spiro atoms. The van der Waals surface area contributed by atoms with Crippen LogP contribution < -0.4 is 5.46 Å². The van der Waals surface area contributed by atoms with Crippen LogP contribution in [0.1, 0.15) is 114 Å². The fourth-order valence-electron chi connectivity index (χ4n) is 14.6. The van der Waals surface area contributed by atoms with Gasteiger partial charge in [-0.2, -0.15) is 5.10 Å². The molecule has 0 unspecified atom stereocenters. The number of hydrogen-bond donors (Lipinski definition) is 2. The molecule has 0 bridgehead atoms. The van der Waals surface area contributed by atoms with Gasteiger partial charge in [-0.3, -0.25) is 4.57 Å². The third-order valence-corrected chi connectivity index (χ3v) is 20.6. The van der Waals surface area contributed by atoms with Gasteiger partial charge >= 0.3 is 7.12 Å². The van der Waals surface area contributed by atoms with Crippen LogP contribution in [0.15, 0.2) is 315 Å². The van der Waals surface area contributed by atoms with E-state index in [0.717, 1.165) is 123 Å². The summed E-state index contributed by atoms with van der Waals surface area (Å²) in [6.07, 6.45) is 6.70. The van der Waals surface area contributed by atoms with Crippen molar-refractivity contribution < 1.29 is 30.2 Å². The molecule has 0 saturated carbocycles. The minimum atomic E-state index is -1.48. The normalized spacial score (nSPS) is 11.2. The van der Waals surface area contributed by atoms with Crippen molar-refractivity contribution >= 4 is 12.6 Å². The largest absolute Gasteiger partial charge is 0.488 e. The molecule has 15 aromatic rings. The summed E-state index contributed by atoms with van der Waals surface area (Å²) in [6.45, 7) is 22.3. The summed E-state index contributed by atoms with van der Waals surface area (Å²) in [5, 5.41) is 38.5. The molecule has 10 heteroatoms. The van der Waals surface area contributed by atoms with Crippen molar-refractivity contribution in [2.75, 3.05) is 0 Å². The van der Waals surface area contributed by atoms with Crippen molar-refractivity contribution in [1.29, 1.82) is 0 Å². The Hall–Kier alpha value is -11.2. The molecule has 0 saturated heterocycles. The fraction of sp³-hybridized carbons (Fsp3) is 0.180. The molecule has 0 aliphatic carbocycles. The molecule has 0 aliphatic heterocycles. The van der Waals surface area contributed by atoms with Gasteiger partial charge in [0.15, 0.2) is 5.82 Å². The molecular weight excluding hydrogens is 1520 g/mol. The van der Waals surface area contributed by atoms with Crippen molar-refractivity contribution in [3.8, 4) is 123 Å². The summed E-state index contributed by atoms with van der Waals surface area (Å²) in [5.74, 6) is 3.70. The standard InChI is InChI=1S/C41H41N3.C41H40N3.C18H15BO2.Ir/c2*1-6-7-23-41(4,5)40-43-42-39(44(40)38-22-21-29(2)24-30(38)3)34-20-14-19-33(25-34)37-27-35(31-15-10-8-11-16-31)26-36(28-37)32-17-12-9-13-18-32;20-19(21)18-12-16(14-7-3-1-4-8-14)11-17(13-18)15-9-5-2-6-10-15;/h8-22,24-28H,6-7,23H2,1-5H3;8-19,21-22,24-28H,6-7,23H2,1-5H3;1-13,20-21H;/q;-1;;. The quantitative estimate of drug-likeness (QED) is 0.0549. The second-order valence-electron chi connectivity index (χ2n) is 30.0. The van der Waals surface area contributed by atoms with Crippen LogP contribution in [-0.4, -0.2) is 46.7 Å². The van der Waals surface area contributed by atoms with E-state index in [1.54, 1.807) is 0 Å². The molecule has 2 heterocycles. The second-order valence-corrected chi connectivity index (χ2v) is 30.0. The van der Waals surface area contributed by atoms with Crippen LogP contribution in [-0.2, 0) is 30.9 Å². The predicted octanol–water partition coefficient (Wildman–Crippen LogP) is 24.5. The number of rotatable bonds is 21. The maximum absolute atomic E-state index is 9.52. The van der Waals surface area contributed by atoms with Crippen LogP contribution in [0.3, 0.4) is 0 Å². The van der Waals surface area contributed by atoms with Crippen molar-refractivity contribution in [2.24, 2.45) is 0 Å². The Morgan fingerprint density at radius 1 is 0.318 bits per heavy atom. The summed E-state index contributed by atoms with van der Waals surface area (Å²) in [5.41, 5.74) is 27.6. The van der Waals surface area contributed by atoms with Gasteiger partial charge in [-0.25, -0.2) is 0 Å². The molecule has 0 aliphatic rings. The summed E-state index contributed by atoms with van der Waals surface area (Å²) < 4.78 is 4.58. The second kappa shape index (κ2) is 35.9. The van der Waals surface area contributed by atoms with Gasteiger partial charge in [-0.15, -0.1) is 50.7 Å². The number of nitrogens with zero attached hydrogens (tertiary/aromatic N) is 6. The Labute approximate surface area is 664 Å². The van der Waals surface area contributed by atoms with Crippen LogP contribution in [0.2, 0.25) is 0 Å². The van der Waals surface area contributed by atoms with Crippen LogP contribution in [0.25, 0.3) is 123 Å². The van der Waals surface area contributed by atoms with E-state index in [2.05, 4.69) is 321 Å². The maximum atomic E-state index is 9.52. The van der Waals surface area contributed by atoms with Crippen LogP contribution >= 0.6 is 0 Å². The van der Waals surface area contributed by atoms with Gasteiger partial charge in [0, 0.05) is 42.2 Å². The Morgan fingerprint density at radius 2 is 0.618 bits per heavy atom. The molecule has 0 amide bonds. The topological polar surface area (TPSA) is 102 Å². The minimum Gasteiger partial charge on any atom is -0.423 e. The first-order valence-electron chi connectivity index (χ1n) is 38.3. The SMILES string of the molecule is CCCCC(C)(C)c1nnc(-c2[c-]ccc(-c3cc(-c4ccccc4)cc(-c4ccccc4)c3)c2)n1-c1ccc(C)cc1C.CCCCC(C)(C)c1nnc(-c2cccc(-c3cc(-c4ccccc4)cc(-c4ccccc4)c3)c2)n1-c1ccc(C)cc1C.OB(O)c1cc(-c2ccccc2)cc(-c2ccccc2)c1.[Ir]. The van der Waals surface area contributed by atoms with Gasteiger partial charge in [-0.1, -0.05) is 315 Å². The number of benzene rings is 13. The smallest absolute Gasteiger partial charge is 0.423 e. The molecule has 0 fully saturated rings. The zero-order valence-corrected chi connectivity index (χ0v) is 67.1. The molecule has 15 rings (SSSR count). The first-order valence-corrected chi connectivity index (χ1v) is 38.3. The average Bonchev–Trinajstić information content (AvgIpc) is 1.61. The Kier molecular flexibility index (Phi) is 25.6. The Bertz CT molecular complexity index is 5090.